The van der Waals surface area contributed by atoms with Crippen LogP contribution in [0.1, 0.15) is 39.0 Å². The number of thioether (sulfide) groups is 1. The van der Waals surface area contributed by atoms with E-state index in [1.54, 1.807) is 11.8 Å². The van der Waals surface area contributed by atoms with E-state index in [0.717, 1.165) is 29.9 Å². The second-order valence-corrected chi connectivity index (χ2v) is 5.84. The van der Waals surface area contributed by atoms with E-state index in [9.17, 15) is 0 Å². The molecule has 0 N–H and O–H groups in total. The fraction of sp³-hybridized carbons (Fsp3) is 0.750. The zero-order valence-electron chi connectivity index (χ0n) is 10.7. The van der Waals surface area contributed by atoms with Gasteiger partial charge in [0.2, 0.25) is 11.2 Å². The van der Waals surface area contributed by atoms with E-state index in [2.05, 4.69) is 26.8 Å². The highest BCUT2D eigenvalue weighted by atomic mass is 35.5. The number of unbranched alkanes of at least 4 members (excludes halogenated alkanes) is 2. The molecule has 0 saturated carbocycles. The molecule has 0 amide bonds. The van der Waals surface area contributed by atoms with E-state index >= 15 is 0 Å². The third-order valence-corrected chi connectivity index (χ3v) is 4.05. The van der Waals surface area contributed by atoms with Crippen LogP contribution in [0.3, 0.4) is 0 Å². The molecule has 1 aromatic heterocycles. The summed E-state index contributed by atoms with van der Waals surface area (Å²) in [6, 6.07) is 0. The van der Waals surface area contributed by atoms with Crippen molar-refractivity contribution in [2.45, 2.75) is 44.2 Å². The van der Waals surface area contributed by atoms with Gasteiger partial charge in [-0.15, -0.1) is 0 Å². The molecule has 0 radical (unpaired) electrons. The Balaban J connectivity index is 1.97. The molecule has 2 rings (SSSR count). The van der Waals surface area contributed by atoms with Crippen LogP contribution >= 0.6 is 23.4 Å². The number of hydrogen-bond donors (Lipinski definition) is 0. The van der Waals surface area contributed by atoms with Gasteiger partial charge in [-0.25, -0.2) is 0 Å². The van der Waals surface area contributed by atoms with Crippen LogP contribution in [0.25, 0.3) is 0 Å². The molecule has 0 unspecified atom stereocenters. The minimum Gasteiger partial charge on any atom is -0.341 e. The van der Waals surface area contributed by atoms with Gasteiger partial charge in [0.05, 0.1) is 0 Å². The van der Waals surface area contributed by atoms with Crippen molar-refractivity contribution in [1.82, 2.24) is 15.0 Å². The summed E-state index contributed by atoms with van der Waals surface area (Å²) in [6.07, 6.45) is 6.11. The van der Waals surface area contributed by atoms with Crippen LogP contribution in [0.4, 0.5) is 5.95 Å². The molecule has 1 saturated heterocycles. The molecule has 100 valence electrons. The number of hydrogen-bond acceptors (Lipinski definition) is 5. The highest BCUT2D eigenvalue weighted by Crippen LogP contribution is 2.22. The van der Waals surface area contributed by atoms with Crippen molar-refractivity contribution in [2.75, 3.05) is 23.7 Å². The van der Waals surface area contributed by atoms with Gasteiger partial charge in [-0.1, -0.05) is 31.5 Å². The van der Waals surface area contributed by atoms with Crippen LogP contribution < -0.4 is 4.90 Å². The average Bonchev–Trinajstić information content (AvgIpc) is 2.88. The van der Waals surface area contributed by atoms with E-state index in [-0.39, 0.29) is 0 Å². The van der Waals surface area contributed by atoms with E-state index < -0.39 is 0 Å². The Morgan fingerprint density at radius 2 is 1.94 bits per heavy atom. The highest BCUT2D eigenvalue weighted by Gasteiger charge is 2.16. The van der Waals surface area contributed by atoms with Crippen molar-refractivity contribution >= 4 is 29.3 Å². The second kappa shape index (κ2) is 7.14. The molecule has 0 aromatic carbocycles. The monoisotopic (exact) mass is 286 g/mol. The van der Waals surface area contributed by atoms with Gasteiger partial charge in [0.1, 0.15) is 0 Å². The Morgan fingerprint density at radius 3 is 2.67 bits per heavy atom. The van der Waals surface area contributed by atoms with Crippen LogP contribution in [-0.4, -0.2) is 33.8 Å². The topological polar surface area (TPSA) is 41.9 Å². The Bertz CT molecular complexity index is 382. The van der Waals surface area contributed by atoms with Crippen molar-refractivity contribution in [3.63, 3.8) is 0 Å². The van der Waals surface area contributed by atoms with Gasteiger partial charge in [0, 0.05) is 18.8 Å². The predicted molar refractivity (Wildman–Crippen MR) is 76.5 cm³/mol. The molecule has 1 aromatic rings. The molecule has 0 spiro atoms. The standard InChI is InChI=1S/C12H19ClN4S/c1-2-3-6-9-18-12-15-10(13)14-11(16-12)17-7-4-5-8-17/h2-9H2,1H3. The predicted octanol–water partition coefficient (Wildman–Crippen LogP) is 3.41. The molecule has 1 aliphatic rings. The largest absolute Gasteiger partial charge is 0.341 e. The van der Waals surface area contributed by atoms with Crippen LogP contribution in [-0.2, 0) is 0 Å². The first kappa shape index (κ1) is 13.9. The Labute approximate surface area is 118 Å². The average molecular weight is 287 g/mol. The molecular formula is C12H19ClN4S. The first-order valence-electron chi connectivity index (χ1n) is 6.59. The summed E-state index contributed by atoms with van der Waals surface area (Å²) in [6.45, 7) is 4.26. The highest BCUT2D eigenvalue weighted by molar-refractivity contribution is 7.99. The van der Waals surface area contributed by atoms with E-state index in [1.165, 1.54) is 32.1 Å². The van der Waals surface area contributed by atoms with Gasteiger partial charge in [0.15, 0.2) is 5.16 Å². The molecule has 0 atom stereocenters. The smallest absolute Gasteiger partial charge is 0.230 e. The molecule has 0 aliphatic carbocycles. The summed E-state index contributed by atoms with van der Waals surface area (Å²) in [5.74, 6) is 1.79. The summed E-state index contributed by atoms with van der Waals surface area (Å²) < 4.78 is 0. The number of aromatic nitrogens is 3. The van der Waals surface area contributed by atoms with Gasteiger partial charge in [0.25, 0.3) is 0 Å². The van der Waals surface area contributed by atoms with Gasteiger partial charge < -0.3 is 4.90 Å². The fourth-order valence-corrected chi connectivity index (χ4v) is 2.99. The number of anilines is 1. The Morgan fingerprint density at radius 1 is 1.17 bits per heavy atom. The van der Waals surface area contributed by atoms with Crippen molar-refractivity contribution in [3.05, 3.63) is 5.28 Å². The van der Waals surface area contributed by atoms with Crippen LogP contribution in [0.15, 0.2) is 5.16 Å². The number of nitrogens with zero attached hydrogens (tertiary/aromatic N) is 4. The maximum Gasteiger partial charge on any atom is 0.230 e. The molecule has 1 fully saturated rings. The lowest BCUT2D eigenvalue weighted by Gasteiger charge is -2.15. The van der Waals surface area contributed by atoms with Crippen molar-refractivity contribution in [2.24, 2.45) is 0 Å². The quantitative estimate of drug-likeness (QED) is 0.592. The molecule has 4 nitrogen and oxygen atoms in total. The second-order valence-electron chi connectivity index (χ2n) is 4.44. The lowest BCUT2D eigenvalue weighted by molar-refractivity contribution is 0.775. The number of halogens is 1. The molecule has 2 heterocycles. The summed E-state index contributed by atoms with van der Waals surface area (Å²) >= 11 is 7.64. The normalized spacial score (nSPS) is 15.3. The molecule has 6 heteroatoms. The maximum absolute atomic E-state index is 5.97. The summed E-state index contributed by atoms with van der Waals surface area (Å²) in [7, 11) is 0. The first-order chi connectivity index (χ1) is 8.79. The van der Waals surface area contributed by atoms with Gasteiger partial charge >= 0.3 is 0 Å². The lowest BCUT2D eigenvalue weighted by Crippen LogP contribution is -2.21. The summed E-state index contributed by atoms with van der Waals surface area (Å²) in [5, 5.41) is 1.07. The first-order valence-corrected chi connectivity index (χ1v) is 7.95. The molecular weight excluding hydrogens is 268 g/mol. The molecule has 0 bridgehead atoms. The third kappa shape index (κ3) is 3.99. The zero-order chi connectivity index (χ0) is 12.8. The van der Waals surface area contributed by atoms with Gasteiger partial charge in [-0.3, -0.25) is 0 Å². The minimum atomic E-state index is 0.310. The maximum atomic E-state index is 5.97. The molecule has 18 heavy (non-hydrogen) atoms. The number of rotatable bonds is 6. The SMILES string of the molecule is CCCCCSc1nc(Cl)nc(N2CCCC2)n1. The van der Waals surface area contributed by atoms with Crippen LogP contribution in [0.5, 0.6) is 0 Å². The minimum absolute atomic E-state index is 0.310. The van der Waals surface area contributed by atoms with Gasteiger partial charge in [-0.2, -0.15) is 15.0 Å². The van der Waals surface area contributed by atoms with Crippen LogP contribution in [0.2, 0.25) is 5.28 Å². The zero-order valence-corrected chi connectivity index (χ0v) is 12.3. The summed E-state index contributed by atoms with van der Waals surface area (Å²) in [4.78, 5) is 15.1. The van der Waals surface area contributed by atoms with Crippen LogP contribution in [0, 0.1) is 0 Å². The Hall–Kier alpha value is -0.550. The third-order valence-electron chi connectivity index (χ3n) is 2.94. The van der Waals surface area contributed by atoms with E-state index in [4.69, 9.17) is 11.6 Å². The molecule has 1 aliphatic heterocycles. The van der Waals surface area contributed by atoms with Crippen molar-refractivity contribution in [1.29, 1.82) is 0 Å². The van der Waals surface area contributed by atoms with E-state index in [1.807, 2.05) is 0 Å². The summed E-state index contributed by atoms with van der Waals surface area (Å²) in [5.41, 5.74) is 0. The van der Waals surface area contributed by atoms with Gasteiger partial charge in [-0.05, 0) is 30.9 Å². The van der Waals surface area contributed by atoms with E-state index in [0.29, 0.717) is 5.28 Å². The Kier molecular flexibility index (Phi) is 5.50. The van der Waals surface area contributed by atoms with Crippen molar-refractivity contribution in [3.8, 4) is 0 Å². The van der Waals surface area contributed by atoms with Crippen molar-refractivity contribution < 1.29 is 0 Å². The fourth-order valence-electron chi connectivity index (χ4n) is 1.96. The lowest BCUT2D eigenvalue weighted by atomic mass is 10.3.